The van der Waals surface area contributed by atoms with Crippen LogP contribution in [-0.2, 0) is 0 Å². The summed E-state index contributed by atoms with van der Waals surface area (Å²) < 4.78 is 3.47. The van der Waals surface area contributed by atoms with Gasteiger partial charge in [0.25, 0.3) is 17.4 Å². The first-order valence-electron chi connectivity index (χ1n) is 15.5. The van der Waals surface area contributed by atoms with E-state index in [9.17, 15) is 14.4 Å². The van der Waals surface area contributed by atoms with Crippen LogP contribution < -0.4 is 10.5 Å². The summed E-state index contributed by atoms with van der Waals surface area (Å²) in [5, 5.41) is 20.2. The highest BCUT2D eigenvalue weighted by Gasteiger charge is 2.54. The molecule has 12 nitrogen and oxygen atoms in total. The van der Waals surface area contributed by atoms with E-state index in [4.69, 9.17) is 16.6 Å². The number of amides is 2. The lowest BCUT2D eigenvalue weighted by atomic mass is 9.97. The number of halogens is 1. The number of nitrogens with one attached hydrogen (secondary N) is 1. The molecule has 1 N–H and O–H groups in total. The maximum Gasteiger partial charge on any atom is 0.267 e. The van der Waals surface area contributed by atoms with Crippen LogP contribution in [0.4, 0.5) is 5.82 Å². The normalized spacial score (nSPS) is 20.6. The van der Waals surface area contributed by atoms with E-state index in [0.717, 1.165) is 50.7 Å². The van der Waals surface area contributed by atoms with Gasteiger partial charge in [-0.1, -0.05) is 29.8 Å². The lowest BCUT2D eigenvalue weighted by Crippen LogP contribution is -2.29. The third-order valence-electron chi connectivity index (χ3n) is 9.89. The van der Waals surface area contributed by atoms with Crippen molar-refractivity contribution in [2.24, 2.45) is 10.9 Å². The maximum absolute atomic E-state index is 13.8. The van der Waals surface area contributed by atoms with E-state index in [1.54, 1.807) is 41.1 Å². The van der Waals surface area contributed by atoms with Crippen LogP contribution in [-0.4, -0.2) is 52.5 Å². The molecule has 1 aliphatic carbocycles. The molecule has 10 rings (SSSR count). The number of rotatable bonds is 5. The van der Waals surface area contributed by atoms with E-state index in [0.29, 0.717) is 39.4 Å². The third-order valence-corrected chi connectivity index (χ3v) is 10.1. The molecule has 48 heavy (non-hydrogen) atoms. The number of aromatic nitrogens is 7. The van der Waals surface area contributed by atoms with Gasteiger partial charge < -0.3 is 4.57 Å². The van der Waals surface area contributed by atoms with Crippen molar-refractivity contribution in [3.05, 3.63) is 123 Å². The summed E-state index contributed by atoms with van der Waals surface area (Å²) >= 11 is 6.39. The van der Waals surface area contributed by atoms with Crippen molar-refractivity contribution in [1.29, 1.82) is 0 Å². The van der Waals surface area contributed by atoms with Crippen LogP contribution in [0.2, 0.25) is 5.02 Å². The fourth-order valence-electron chi connectivity index (χ4n) is 7.60. The van der Waals surface area contributed by atoms with E-state index in [2.05, 4.69) is 31.8 Å². The molecule has 232 valence electrons. The predicted octanol–water partition coefficient (Wildman–Crippen LogP) is 5.37. The summed E-state index contributed by atoms with van der Waals surface area (Å²) in [5.41, 5.74) is 7.57. The summed E-state index contributed by atoms with van der Waals surface area (Å²) in [7, 11) is 0. The molecule has 2 amide bonds. The molecular weight excluding hydrogens is 630 g/mol. The molecule has 3 aromatic carbocycles. The Morgan fingerprint density at radius 2 is 1.71 bits per heavy atom. The van der Waals surface area contributed by atoms with E-state index in [1.165, 1.54) is 6.33 Å². The molecule has 0 spiro atoms. The van der Waals surface area contributed by atoms with E-state index < -0.39 is 0 Å². The molecule has 0 radical (unpaired) electrons. The first kappa shape index (κ1) is 27.1. The van der Waals surface area contributed by atoms with Crippen LogP contribution in [0.1, 0.15) is 56.8 Å². The molecule has 0 saturated heterocycles. The third kappa shape index (κ3) is 3.83. The number of benzene rings is 3. The number of aromatic amines is 1. The van der Waals surface area contributed by atoms with Gasteiger partial charge in [0.15, 0.2) is 5.82 Å². The van der Waals surface area contributed by atoms with Crippen molar-refractivity contribution in [1.82, 2.24) is 35.0 Å². The second kappa shape index (κ2) is 9.75. The minimum atomic E-state index is -0.386. The van der Waals surface area contributed by atoms with Crippen LogP contribution in [0.3, 0.4) is 0 Å². The highest BCUT2D eigenvalue weighted by atomic mass is 35.5. The Morgan fingerprint density at radius 3 is 2.50 bits per heavy atom. The summed E-state index contributed by atoms with van der Waals surface area (Å²) in [6.45, 7) is 0. The number of nitrogens with zero attached hydrogens (tertiary/aromatic N) is 8. The minimum absolute atomic E-state index is 0.0851. The average molecular weight is 652 g/mol. The summed E-state index contributed by atoms with van der Waals surface area (Å²) in [5.74, 6) is 0.108. The molecule has 0 bridgehead atoms. The van der Waals surface area contributed by atoms with Gasteiger partial charge >= 0.3 is 0 Å². The number of imide groups is 1. The Balaban J connectivity index is 0.932. The number of anilines is 1. The molecule has 3 aliphatic heterocycles. The van der Waals surface area contributed by atoms with Crippen molar-refractivity contribution < 1.29 is 9.59 Å². The van der Waals surface area contributed by atoms with Gasteiger partial charge in [-0.05, 0) is 88.0 Å². The molecule has 4 aliphatic rings. The summed E-state index contributed by atoms with van der Waals surface area (Å²) in [6.07, 6.45) is 4.99. The van der Waals surface area contributed by atoms with Gasteiger partial charge in [-0.15, -0.1) is 5.10 Å². The number of carbonyl (C=O) groups is 2. The largest absolute Gasteiger partial charge is 0.303 e. The maximum atomic E-state index is 13.8. The number of hydrogen-bond donors (Lipinski definition) is 1. The number of carbonyl (C=O) groups excluding carboxylic acids is 2. The van der Waals surface area contributed by atoms with Gasteiger partial charge in [0, 0.05) is 52.0 Å². The molecule has 13 heteroatoms. The quantitative estimate of drug-likeness (QED) is 0.247. The fraction of sp³-hybridized carbons (Fsp3) is 0.143. The molecule has 6 heterocycles. The van der Waals surface area contributed by atoms with Gasteiger partial charge in [-0.3, -0.25) is 24.5 Å². The highest BCUT2D eigenvalue weighted by molar-refractivity contribution is 6.35. The Kier molecular flexibility index (Phi) is 5.51. The van der Waals surface area contributed by atoms with Crippen LogP contribution >= 0.6 is 11.6 Å². The minimum Gasteiger partial charge on any atom is -0.303 e. The van der Waals surface area contributed by atoms with Gasteiger partial charge in [0.2, 0.25) is 0 Å². The van der Waals surface area contributed by atoms with Crippen molar-refractivity contribution >= 4 is 51.4 Å². The Hall–Kier alpha value is -6.01. The molecule has 0 unspecified atom stereocenters. The summed E-state index contributed by atoms with van der Waals surface area (Å²) in [4.78, 5) is 46.0. The molecule has 3 atom stereocenters. The van der Waals surface area contributed by atoms with Crippen LogP contribution in [0.15, 0.2) is 95.1 Å². The first-order chi connectivity index (χ1) is 23.4. The summed E-state index contributed by atoms with van der Waals surface area (Å²) in [6, 6.07) is 21.7. The van der Waals surface area contributed by atoms with Crippen molar-refractivity contribution in [3.63, 3.8) is 0 Å². The number of H-pyrrole nitrogens is 1. The monoisotopic (exact) mass is 651 g/mol. The van der Waals surface area contributed by atoms with Gasteiger partial charge in [-0.25, -0.2) is 4.90 Å². The number of aliphatic imine (C=N–C) groups is 1. The molecule has 3 aromatic heterocycles. The van der Waals surface area contributed by atoms with Gasteiger partial charge in [-0.2, -0.15) is 9.78 Å². The van der Waals surface area contributed by atoms with Gasteiger partial charge in [0.05, 0.1) is 28.4 Å². The SMILES string of the molecule is O=C1c2ccccc2C(=O)N1c1n[nH]c2cc(C3=CN=C([C@@H]4[C@H]5C[C@H]5c5cc(-c6cc(Cl)ccc6-n6cnnn6)cc(=O)n54)C3)ccc12. The number of hydrogen-bond acceptors (Lipinski definition) is 8. The van der Waals surface area contributed by atoms with Crippen molar-refractivity contribution in [2.75, 3.05) is 4.90 Å². The predicted molar refractivity (Wildman–Crippen MR) is 177 cm³/mol. The standard InChI is InChI=1S/C35H22ClN9O3/c36-20-6-8-29(43-16-38-41-42-43)24(13-20)18-11-30-25-14-26(25)32(44(30)31(46)12-18)28-10-19(15-37-28)17-5-7-23-27(9-17)39-40-33(23)45-34(47)21-3-1-2-4-22(21)35(45)48/h1-9,11-13,15-16,25-26,32H,10,14H2,(H,39,40)/t25-,26+,32+/m1/s1. The Bertz CT molecular complexity index is 2500. The second-order valence-electron chi connectivity index (χ2n) is 12.5. The lowest BCUT2D eigenvalue weighted by Gasteiger charge is -2.20. The average Bonchev–Trinajstić information content (AvgIpc) is 3.63. The number of allylic oxidation sites excluding steroid dienone is 1. The van der Waals surface area contributed by atoms with Gasteiger partial charge in [0.1, 0.15) is 6.33 Å². The number of pyridine rings is 1. The smallest absolute Gasteiger partial charge is 0.267 e. The van der Waals surface area contributed by atoms with E-state index >= 15 is 0 Å². The van der Waals surface area contributed by atoms with E-state index in [-0.39, 0.29) is 35.2 Å². The second-order valence-corrected chi connectivity index (χ2v) is 12.9. The molecule has 1 fully saturated rings. The molecular formula is C35H22ClN9O3. The number of fused-ring (bicyclic) bond motifs is 5. The zero-order valence-electron chi connectivity index (χ0n) is 24.9. The molecule has 1 saturated carbocycles. The highest BCUT2D eigenvalue weighted by Crippen LogP contribution is 2.60. The van der Waals surface area contributed by atoms with Crippen LogP contribution in [0.25, 0.3) is 33.3 Å². The Labute approximate surface area is 276 Å². The topological polar surface area (TPSA) is 144 Å². The van der Waals surface area contributed by atoms with Crippen LogP contribution in [0, 0.1) is 5.92 Å². The first-order valence-corrected chi connectivity index (χ1v) is 15.8. The zero-order valence-corrected chi connectivity index (χ0v) is 25.7. The molecule has 6 aromatic rings. The fourth-order valence-corrected chi connectivity index (χ4v) is 7.78. The Morgan fingerprint density at radius 1 is 0.875 bits per heavy atom. The lowest BCUT2D eigenvalue weighted by molar-refractivity contribution is 0.0925. The zero-order chi connectivity index (χ0) is 32.3. The van der Waals surface area contributed by atoms with Crippen LogP contribution in [0.5, 0.6) is 0 Å². The van der Waals surface area contributed by atoms with Crippen molar-refractivity contribution in [2.45, 2.75) is 24.8 Å². The van der Waals surface area contributed by atoms with Crippen molar-refractivity contribution in [3.8, 4) is 16.8 Å². The number of tetrazole rings is 1. The van der Waals surface area contributed by atoms with E-state index in [1.807, 2.05) is 41.1 Å².